The summed E-state index contributed by atoms with van der Waals surface area (Å²) in [5.41, 5.74) is 8.02. The van der Waals surface area contributed by atoms with Crippen LogP contribution in [-0.4, -0.2) is 27.7 Å². The third kappa shape index (κ3) is 6.95. The first-order valence-electron chi connectivity index (χ1n) is 9.21. The second-order valence-corrected chi connectivity index (χ2v) is 6.34. The molecule has 0 spiro atoms. The molecule has 0 aliphatic heterocycles. The maximum Gasteiger partial charge on any atom is 0.188 e. The number of aryl methyl sites for hydroxylation is 1. The molecule has 6 nitrogen and oxygen atoms in total. The van der Waals surface area contributed by atoms with Gasteiger partial charge in [0.1, 0.15) is 5.82 Å². The van der Waals surface area contributed by atoms with Gasteiger partial charge in [-0.1, -0.05) is 57.2 Å². The van der Waals surface area contributed by atoms with Crippen molar-refractivity contribution in [3.05, 3.63) is 35.7 Å². The van der Waals surface area contributed by atoms with Gasteiger partial charge in [0, 0.05) is 12.1 Å². The first-order valence-corrected chi connectivity index (χ1v) is 9.21. The van der Waals surface area contributed by atoms with Gasteiger partial charge in [0.15, 0.2) is 11.8 Å². The Morgan fingerprint density at radius 1 is 1.20 bits per heavy atom. The van der Waals surface area contributed by atoms with Crippen molar-refractivity contribution in [2.24, 2.45) is 10.7 Å². The van der Waals surface area contributed by atoms with Crippen molar-refractivity contribution in [1.82, 2.24) is 20.5 Å². The molecule has 1 aromatic carbocycles. The first kappa shape index (κ1) is 19.0. The fraction of sp³-hybridized carbons (Fsp3) is 0.526. The molecule has 0 aliphatic carbocycles. The lowest BCUT2D eigenvalue weighted by Gasteiger charge is -2.06. The largest absolute Gasteiger partial charge is 0.370 e. The summed E-state index contributed by atoms with van der Waals surface area (Å²) >= 11 is 0. The highest BCUT2D eigenvalue weighted by Crippen LogP contribution is 2.16. The van der Waals surface area contributed by atoms with Gasteiger partial charge >= 0.3 is 0 Å². The molecule has 0 amide bonds. The zero-order valence-corrected chi connectivity index (χ0v) is 15.4. The molecule has 25 heavy (non-hydrogen) atoms. The molecule has 6 heteroatoms. The van der Waals surface area contributed by atoms with Crippen molar-refractivity contribution in [2.75, 3.05) is 6.54 Å². The smallest absolute Gasteiger partial charge is 0.188 e. The molecule has 0 bridgehead atoms. The predicted octanol–water partition coefficient (Wildman–Crippen LogP) is 3.54. The molecule has 136 valence electrons. The highest BCUT2D eigenvalue weighted by Gasteiger charge is 2.04. The minimum atomic E-state index is 0.507. The number of aromatic nitrogens is 3. The van der Waals surface area contributed by atoms with Gasteiger partial charge in [0.25, 0.3) is 0 Å². The van der Waals surface area contributed by atoms with Gasteiger partial charge in [0.2, 0.25) is 0 Å². The zero-order chi connectivity index (χ0) is 17.9. The Hall–Kier alpha value is -2.37. The lowest BCUT2D eigenvalue weighted by atomic mass is 10.1. The Kier molecular flexibility index (Phi) is 7.95. The average molecular weight is 342 g/mol. The van der Waals surface area contributed by atoms with Gasteiger partial charge in [-0.15, -0.1) is 0 Å². The average Bonchev–Trinajstić information content (AvgIpc) is 3.06. The van der Waals surface area contributed by atoms with Crippen LogP contribution in [0.5, 0.6) is 0 Å². The fourth-order valence-electron chi connectivity index (χ4n) is 2.63. The van der Waals surface area contributed by atoms with Crippen molar-refractivity contribution >= 4 is 5.96 Å². The third-order valence-electron chi connectivity index (χ3n) is 4.05. The van der Waals surface area contributed by atoms with E-state index in [4.69, 9.17) is 5.73 Å². The van der Waals surface area contributed by atoms with Crippen molar-refractivity contribution in [3.63, 3.8) is 0 Å². The van der Waals surface area contributed by atoms with Crippen LogP contribution in [0, 0.1) is 6.92 Å². The molecule has 0 fully saturated rings. The minimum Gasteiger partial charge on any atom is -0.370 e. The van der Waals surface area contributed by atoms with E-state index in [0.29, 0.717) is 18.3 Å². The van der Waals surface area contributed by atoms with Crippen LogP contribution >= 0.6 is 0 Å². The van der Waals surface area contributed by atoms with E-state index in [-0.39, 0.29) is 0 Å². The summed E-state index contributed by atoms with van der Waals surface area (Å²) in [5.74, 6) is 2.02. The van der Waals surface area contributed by atoms with E-state index in [9.17, 15) is 0 Å². The van der Waals surface area contributed by atoms with Crippen LogP contribution < -0.4 is 11.1 Å². The zero-order valence-electron chi connectivity index (χ0n) is 15.4. The molecule has 0 aliphatic rings. The van der Waals surface area contributed by atoms with E-state index < -0.39 is 0 Å². The predicted molar refractivity (Wildman–Crippen MR) is 103 cm³/mol. The Morgan fingerprint density at radius 2 is 2.00 bits per heavy atom. The number of aliphatic imine (C=N–C) groups is 1. The standard InChI is InChI=1S/C19H30N6/c1-3-4-5-6-7-8-12-21-19(20)22-14-16-10-9-11-17(13-16)18-23-15(2)24-25-18/h9-11,13H,3-8,12,14H2,1-2H3,(H3,20,21,22)(H,23,24,25). The number of unbranched alkanes of at least 4 members (excludes halogenated alkanes) is 5. The van der Waals surface area contributed by atoms with E-state index in [1.54, 1.807) is 0 Å². The highest BCUT2D eigenvalue weighted by atomic mass is 15.2. The molecule has 2 rings (SSSR count). The van der Waals surface area contributed by atoms with Crippen LogP contribution in [0.2, 0.25) is 0 Å². The number of hydrogen-bond acceptors (Lipinski definition) is 3. The Balaban J connectivity index is 1.75. The summed E-state index contributed by atoms with van der Waals surface area (Å²) in [6.07, 6.45) is 7.65. The number of aromatic amines is 1. The van der Waals surface area contributed by atoms with Crippen LogP contribution in [0.25, 0.3) is 11.4 Å². The number of benzene rings is 1. The molecule has 1 heterocycles. The topological polar surface area (TPSA) is 92.0 Å². The van der Waals surface area contributed by atoms with E-state index in [1.807, 2.05) is 31.2 Å². The van der Waals surface area contributed by atoms with Crippen molar-refractivity contribution in [1.29, 1.82) is 0 Å². The molecule has 0 saturated carbocycles. The fourth-order valence-corrected chi connectivity index (χ4v) is 2.63. The number of hydrogen-bond donors (Lipinski definition) is 3. The van der Waals surface area contributed by atoms with Gasteiger partial charge in [0.05, 0.1) is 6.54 Å². The molecular formula is C19H30N6. The lowest BCUT2D eigenvalue weighted by Crippen LogP contribution is -2.32. The number of rotatable bonds is 10. The summed E-state index contributed by atoms with van der Waals surface area (Å²) in [6.45, 7) is 5.56. The normalized spacial score (nSPS) is 11.7. The second-order valence-electron chi connectivity index (χ2n) is 6.34. The SMILES string of the molecule is CCCCCCCCNC(N)=NCc1cccc(-c2n[nH]c(C)n2)c1. The molecule has 0 atom stereocenters. The van der Waals surface area contributed by atoms with E-state index in [1.165, 1.54) is 32.1 Å². The lowest BCUT2D eigenvalue weighted by molar-refractivity contribution is 0.601. The third-order valence-corrected chi connectivity index (χ3v) is 4.05. The maximum atomic E-state index is 5.95. The number of nitrogens with one attached hydrogen (secondary N) is 2. The highest BCUT2D eigenvalue weighted by molar-refractivity contribution is 5.77. The minimum absolute atomic E-state index is 0.507. The number of guanidine groups is 1. The molecule has 1 aromatic heterocycles. The van der Waals surface area contributed by atoms with Crippen LogP contribution in [-0.2, 0) is 6.54 Å². The summed E-state index contributed by atoms with van der Waals surface area (Å²) in [7, 11) is 0. The molecule has 0 saturated heterocycles. The number of nitrogens with zero attached hydrogens (tertiary/aromatic N) is 3. The summed E-state index contributed by atoms with van der Waals surface area (Å²) in [5, 5.41) is 10.2. The van der Waals surface area contributed by atoms with E-state index >= 15 is 0 Å². The van der Waals surface area contributed by atoms with Crippen LogP contribution in [0.4, 0.5) is 0 Å². The molecule has 0 radical (unpaired) electrons. The van der Waals surface area contributed by atoms with Crippen LogP contribution in [0.15, 0.2) is 29.3 Å². The first-order chi connectivity index (χ1) is 12.2. The summed E-state index contributed by atoms with van der Waals surface area (Å²) < 4.78 is 0. The number of H-pyrrole nitrogens is 1. The Morgan fingerprint density at radius 3 is 2.76 bits per heavy atom. The van der Waals surface area contributed by atoms with Gasteiger partial charge < -0.3 is 11.1 Å². The Labute approximate surface area is 150 Å². The molecular weight excluding hydrogens is 312 g/mol. The molecule has 0 unspecified atom stereocenters. The number of nitrogens with two attached hydrogens (primary N) is 1. The van der Waals surface area contributed by atoms with Gasteiger partial charge in [-0.2, -0.15) is 5.10 Å². The van der Waals surface area contributed by atoms with Crippen molar-refractivity contribution in [3.8, 4) is 11.4 Å². The van der Waals surface area contributed by atoms with Crippen molar-refractivity contribution < 1.29 is 0 Å². The van der Waals surface area contributed by atoms with Crippen molar-refractivity contribution in [2.45, 2.75) is 58.9 Å². The van der Waals surface area contributed by atoms with E-state index in [0.717, 1.165) is 29.9 Å². The van der Waals surface area contributed by atoms with E-state index in [2.05, 4.69) is 32.4 Å². The Bertz CT molecular complexity index is 661. The van der Waals surface area contributed by atoms with Gasteiger partial charge in [-0.3, -0.25) is 5.10 Å². The van der Waals surface area contributed by atoms with Gasteiger partial charge in [-0.05, 0) is 25.0 Å². The molecule has 4 N–H and O–H groups in total. The second kappa shape index (κ2) is 10.5. The quantitative estimate of drug-likeness (QED) is 0.350. The van der Waals surface area contributed by atoms with Crippen LogP contribution in [0.3, 0.4) is 0 Å². The summed E-state index contributed by atoms with van der Waals surface area (Å²) in [4.78, 5) is 8.77. The summed E-state index contributed by atoms with van der Waals surface area (Å²) in [6, 6.07) is 8.07. The van der Waals surface area contributed by atoms with Gasteiger partial charge in [-0.25, -0.2) is 9.98 Å². The monoisotopic (exact) mass is 342 g/mol. The van der Waals surface area contributed by atoms with Crippen LogP contribution in [0.1, 0.15) is 56.8 Å². The molecule has 2 aromatic rings. The maximum absolute atomic E-state index is 5.95.